The molecular weight excluding hydrogens is 443 g/mol. The first-order chi connectivity index (χ1) is 12.3. The first kappa shape index (κ1) is 23.2. The molecule has 0 amide bonds. The predicted octanol–water partition coefficient (Wildman–Crippen LogP) is 2.89. The van der Waals surface area contributed by atoms with E-state index in [1.54, 1.807) is 13.4 Å². The summed E-state index contributed by atoms with van der Waals surface area (Å²) < 4.78 is 10.5. The maximum atomic E-state index is 5.37. The lowest BCUT2D eigenvalue weighted by Gasteiger charge is -2.34. The van der Waals surface area contributed by atoms with Gasteiger partial charge in [-0.1, -0.05) is 13.3 Å². The fraction of sp³-hybridized carbons (Fsp3) is 0.737. The standard InChI is InChI=1S/C19H34N4O2.HI/c1-3-17-7-4-5-13-23(17)14-11-21-19(22-12-16-24-2)20-10-9-18-8-6-15-25-18;/h6,8,15,17H,3-5,7,9-14,16H2,1-2H3,(H2,20,21,22);1H. The van der Waals surface area contributed by atoms with Crippen LogP contribution in [0.25, 0.3) is 0 Å². The highest BCUT2D eigenvalue weighted by Crippen LogP contribution is 2.18. The maximum Gasteiger partial charge on any atom is 0.191 e. The number of nitrogens with one attached hydrogen (secondary N) is 2. The zero-order valence-electron chi connectivity index (χ0n) is 16.2. The Bertz CT molecular complexity index is 482. The molecule has 0 bridgehead atoms. The minimum absolute atomic E-state index is 0. The zero-order chi connectivity index (χ0) is 17.7. The number of guanidine groups is 1. The topological polar surface area (TPSA) is 62.0 Å². The number of halogens is 1. The lowest BCUT2D eigenvalue weighted by Crippen LogP contribution is -2.42. The predicted molar refractivity (Wildman–Crippen MR) is 118 cm³/mol. The molecule has 2 N–H and O–H groups in total. The van der Waals surface area contributed by atoms with Gasteiger partial charge in [0.05, 0.1) is 19.4 Å². The molecule has 1 aromatic rings. The Labute approximate surface area is 175 Å². The third-order valence-corrected chi connectivity index (χ3v) is 4.72. The fourth-order valence-corrected chi connectivity index (χ4v) is 3.31. The number of piperidine rings is 1. The molecule has 0 aliphatic carbocycles. The summed E-state index contributed by atoms with van der Waals surface area (Å²) in [5, 5.41) is 6.71. The van der Waals surface area contributed by atoms with E-state index in [1.807, 2.05) is 12.1 Å². The summed E-state index contributed by atoms with van der Waals surface area (Å²) in [6.07, 6.45) is 7.83. The van der Waals surface area contributed by atoms with E-state index in [4.69, 9.17) is 14.1 Å². The average Bonchev–Trinajstić information content (AvgIpc) is 3.15. The van der Waals surface area contributed by atoms with Crippen molar-refractivity contribution in [1.82, 2.24) is 15.5 Å². The minimum atomic E-state index is 0. The SMILES string of the molecule is CCC1CCCCN1CCN=C(NCCOC)NCCc1ccco1.I. The molecule has 6 nitrogen and oxygen atoms in total. The number of methoxy groups -OCH3 is 1. The van der Waals surface area contributed by atoms with Gasteiger partial charge in [0.15, 0.2) is 5.96 Å². The molecule has 1 atom stereocenters. The van der Waals surface area contributed by atoms with Crippen molar-refractivity contribution in [2.75, 3.05) is 46.4 Å². The highest BCUT2D eigenvalue weighted by atomic mass is 127. The van der Waals surface area contributed by atoms with Gasteiger partial charge in [-0.2, -0.15) is 0 Å². The highest BCUT2D eigenvalue weighted by molar-refractivity contribution is 14.0. The van der Waals surface area contributed by atoms with E-state index >= 15 is 0 Å². The van der Waals surface area contributed by atoms with Gasteiger partial charge in [-0.3, -0.25) is 9.89 Å². The van der Waals surface area contributed by atoms with E-state index in [9.17, 15) is 0 Å². The van der Waals surface area contributed by atoms with Gasteiger partial charge in [-0.25, -0.2) is 0 Å². The van der Waals surface area contributed by atoms with Crippen LogP contribution in [0.1, 0.15) is 38.4 Å². The van der Waals surface area contributed by atoms with Crippen LogP contribution in [0.3, 0.4) is 0 Å². The van der Waals surface area contributed by atoms with Gasteiger partial charge in [-0.15, -0.1) is 24.0 Å². The molecule has 26 heavy (non-hydrogen) atoms. The van der Waals surface area contributed by atoms with Gasteiger partial charge >= 0.3 is 0 Å². The summed E-state index contributed by atoms with van der Waals surface area (Å²) >= 11 is 0. The maximum absolute atomic E-state index is 5.37. The van der Waals surface area contributed by atoms with Crippen LogP contribution in [0, 0.1) is 0 Å². The van der Waals surface area contributed by atoms with E-state index in [2.05, 4.69) is 22.5 Å². The van der Waals surface area contributed by atoms with Crippen LogP contribution >= 0.6 is 24.0 Å². The van der Waals surface area contributed by atoms with Gasteiger partial charge < -0.3 is 19.8 Å². The molecule has 1 saturated heterocycles. The van der Waals surface area contributed by atoms with Crippen LogP contribution in [0.5, 0.6) is 0 Å². The van der Waals surface area contributed by atoms with Crippen LogP contribution in [0.4, 0.5) is 0 Å². The smallest absolute Gasteiger partial charge is 0.191 e. The fourth-order valence-electron chi connectivity index (χ4n) is 3.31. The number of rotatable bonds is 10. The molecule has 2 rings (SSSR count). The van der Waals surface area contributed by atoms with Crippen LogP contribution < -0.4 is 10.6 Å². The van der Waals surface area contributed by atoms with Crippen molar-refractivity contribution in [2.24, 2.45) is 4.99 Å². The van der Waals surface area contributed by atoms with Gasteiger partial charge in [0.1, 0.15) is 5.76 Å². The molecule has 150 valence electrons. The first-order valence-electron chi connectivity index (χ1n) is 9.61. The third-order valence-electron chi connectivity index (χ3n) is 4.72. The Morgan fingerprint density at radius 2 is 2.19 bits per heavy atom. The van der Waals surface area contributed by atoms with E-state index in [1.165, 1.54) is 32.2 Å². The molecule has 2 heterocycles. The summed E-state index contributed by atoms with van der Waals surface area (Å²) in [6.45, 7) is 7.58. The number of furan rings is 1. The van der Waals surface area contributed by atoms with E-state index in [0.29, 0.717) is 6.61 Å². The van der Waals surface area contributed by atoms with Gasteiger partial charge in [0, 0.05) is 39.2 Å². The second kappa shape index (κ2) is 14.3. The van der Waals surface area contributed by atoms with Crippen molar-refractivity contribution >= 4 is 29.9 Å². The number of ether oxygens (including phenoxy) is 1. The normalized spacial score (nSPS) is 18.4. The number of hydrogen-bond donors (Lipinski definition) is 2. The molecule has 7 heteroatoms. The molecule has 0 spiro atoms. The van der Waals surface area contributed by atoms with Crippen molar-refractivity contribution in [1.29, 1.82) is 0 Å². The van der Waals surface area contributed by atoms with E-state index in [0.717, 1.165) is 50.4 Å². The summed E-state index contributed by atoms with van der Waals surface area (Å²) in [5.74, 6) is 1.84. The molecule has 1 aliphatic rings. The monoisotopic (exact) mass is 478 g/mol. The Balaban J connectivity index is 0.00000338. The highest BCUT2D eigenvalue weighted by Gasteiger charge is 2.19. The Morgan fingerprint density at radius 3 is 2.92 bits per heavy atom. The first-order valence-corrected chi connectivity index (χ1v) is 9.61. The van der Waals surface area contributed by atoms with Crippen LogP contribution in [-0.2, 0) is 11.2 Å². The molecule has 0 saturated carbocycles. The summed E-state index contributed by atoms with van der Waals surface area (Å²) in [4.78, 5) is 7.34. The lowest BCUT2D eigenvalue weighted by atomic mass is 10.0. The largest absolute Gasteiger partial charge is 0.469 e. The Morgan fingerprint density at radius 1 is 1.35 bits per heavy atom. The Kier molecular flexibility index (Phi) is 12.8. The minimum Gasteiger partial charge on any atom is -0.469 e. The summed E-state index contributed by atoms with van der Waals surface area (Å²) in [7, 11) is 1.71. The zero-order valence-corrected chi connectivity index (χ0v) is 18.5. The van der Waals surface area contributed by atoms with Crippen molar-refractivity contribution < 1.29 is 9.15 Å². The van der Waals surface area contributed by atoms with Crippen molar-refractivity contribution in [3.05, 3.63) is 24.2 Å². The number of aliphatic imine (C=N–C) groups is 1. The van der Waals surface area contributed by atoms with Crippen LogP contribution in [0.2, 0.25) is 0 Å². The van der Waals surface area contributed by atoms with Crippen LogP contribution in [0.15, 0.2) is 27.8 Å². The molecule has 1 aromatic heterocycles. The van der Waals surface area contributed by atoms with Gasteiger partial charge in [-0.05, 0) is 37.9 Å². The van der Waals surface area contributed by atoms with Crippen molar-refractivity contribution in [3.8, 4) is 0 Å². The van der Waals surface area contributed by atoms with Gasteiger partial charge in [0.25, 0.3) is 0 Å². The average molecular weight is 478 g/mol. The van der Waals surface area contributed by atoms with E-state index < -0.39 is 0 Å². The second-order valence-electron chi connectivity index (χ2n) is 6.50. The molecule has 1 aliphatic heterocycles. The van der Waals surface area contributed by atoms with E-state index in [-0.39, 0.29) is 24.0 Å². The number of hydrogen-bond acceptors (Lipinski definition) is 4. The van der Waals surface area contributed by atoms with Gasteiger partial charge in [0.2, 0.25) is 0 Å². The number of likely N-dealkylation sites (tertiary alicyclic amines) is 1. The Hall–Kier alpha value is -0.800. The molecule has 1 fully saturated rings. The summed E-state index contributed by atoms with van der Waals surface area (Å²) in [6, 6.07) is 4.66. The summed E-state index contributed by atoms with van der Waals surface area (Å²) in [5.41, 5.74) is 0. The molecule has 1 unspecified atom stereocenters. The molecular formula is C19H35IN4O2. The molecule has 0 radical (unpaired) electrons. The number of nitrogens with zero attached hydrogens (tertiary/aromatic N) is 2. The second-order valence-corrected chi connectivity index (χ2v) is 6.50. The quantitative estimate of drug-likeness (QED) is 0.235. The van der Waals surface area contributed by atoms with Crippen molar-refractivity contribution in [3.63, 3.8) is 0 Å². The molecule has 0 aromatic carbocycles. The van der Waals surface area contributed by atoms with Crippen molar-refractivity contribution in [2.45, 2.75) is 45.1 Å². The lowest BCUT2D eigenvalue weighted by molar-refractivity contribution is 0.148. The van der Waals surface area contributed by atoms with Crippen LogP contribution in [-0.4, -0.2) is 63.3 Å². The third kappa shape index (κ3) is 8.73.